The van der Waals surface area contributed by atoms with Crippen molar-refractivity contribution < 1.29 is 9.59 Å². The Morgan fingerprint density at radius 1 is 0.756 bits per heavy atom. The Labute approximate surface area is 241 Å². The van der Waals surface area contributed by atoms with Crippen LogP contribution in [0.5, 0.6) is 0 Å². The molecule has 1 spiro atoms. The van der Waals surface area contributed by atoms with Gasteiger partial charge in [0.15, 0.2) is 0 Å². The third kappa shape index (κ3) is 5.18. The van der Waals surface area contributed by atoms with Crippen molar-refractivity contribution in [3.05, 3.63) is 120 Å². The number of carbonyl (C=O) groups is 2. The van der Waals surface area contributed by atoms with Crippen molar-refractivity contribution in [2.45, 2.75) is 38.1 Å². The van der Waals surface area contributed by atoms with Crippen LogP contribution in [0.15, 0.2) is 103 Å². The molecule has 2 heterocycles. The van der Waals surface area contributed by atoms with Crippen LogP contribution in [0, 0.1) is 5.41 Å². The van der Waals surface area contributed by atoms with E-state index in [2.05, 4.69) is 28.4 Å². The second-order valence-electron chi connectivity index (χ2n) is 11.9. The highest BCUT2D eigenvalue weighted by Gasteiger charge is 2.45. The van der Waals surface area contributed by atoms with E-state index in [9.17, 15) is 9.59 Å². The molecule has 41 heavy (non-hydrogen) atoms. The van der Waals surface area contributed by atoms with Crippen molar-refractivity contribution in [3.8, 4) is 11.1 Å². The topological polar surface area (TPSA) is 52.7 Å². The summed E-state index contributed by atoms with van der Waals surface area (Å²) < 4.78 is 0. The number of hydrogen-bond acceptors (Lipinski definition) is 3. The highest BCUT2D eigenvalue weighted by atomic mass is 16.2. The Bertz CT molecular complexity index is 1580. The summed E-state index contributed by atoms with van der Waals surface area (Å²) in [5, 5.41) is 3.02. The van der Waals surface area contributed by atoms with Gasteiger partial charge in [-0.3, -0.25) is 14.5 Å². The third-order valence-electron chi connectivity index (χ3n) is 9.14. The number of rotatable bonds is 5. The zero-order valence-corrected chi connectivity index (χ0v) is 23.3. The lowest BCUT2D eigenvalue weighted by Crippen LogP contribution is -2.35. The number of anilines is 2. The molecule has 4 aromatic rings. The van der Waals surface area contributed by atoms with E-state index in [1.807, 2.05) is 89.8 Å². The highest BCUT2D eigenvalue weighted by Crippen LogP contribution is 2.45. The number of nitrogens with one attached hydrogen (secondary N) is 1. The van der Waals surface area contributed by atoms with Gasteiger partial charge in [0.2, 0.25) is 0 Å². The lowest BCUT2D eigenvalue weighted by molar-refractivity contribution is 0.0983. The summed E-state index contributed by atoms with van der Waals surface area (Å²) in [5.74, 6) is -0.161. The van der Waals surface area contributed by atoms with E-state index in [1.54, 1.807) is 0 Å². The lowest BCUT2D eigenvalue weighted by atomic mass is 9.78. The molecular weight excluding hydrogens is 506 g/mol. The van der Waals surface area contributed by atoms with Gasteiger partial charge in [-0.2, -0.15) is 0 Å². The quantitative estimate of drug-likeness (QED) is 0.295. The van der Waals surface area contributed by atoms with Gasteiger partial charge in [0.05, 0.1) is 0 Å². The Kier molecular flexibility index (Phi) is 6.68. The molecule has 1 saturated carbocycles. The number of carbonyl (C=O) groups excluding carboxylic acids is 2. The number of nitrogens with zero attached hydrogens (tertiary/aromatic N) is 2. The molecule has 2 fully saturated rings. The number of benzene rings is 4. The van der Waals surface area contributed by atoms with Crippen LogP contribution in [0.2, 0.25) is 0 Å². The molecule has 7 rings (SSSR count). The van der Waals surface area contributed by atoms with Crippen LogP contribution in [-0.4, -0.2) is 42.4 Å². The van der Waals surface area contributed by atoms with Gasteiger partial charge in [0.25, 0.3) is 11.8 Å². The Hall–Kier alpha value is -4.22. The van der Waals surface area contributed by atoms with E-state index in [4.69, 9.17) is 0 Å². The van der Waals surface area contributed by atoms with E-state index >= 15 is 0 Å². The van der Waals surface area contributed by atoms with Gasteiger partial charge < -0.3 is 10.2 Å². The fraction of sp³-hybridized carbons (Fsp3) is 0.278. The van der Waals surface area contributed by atoms with Crippen molar-refractivity contribution in [1.82, 2.24) is 4.90 Å². The van der Waals surface area contributed by atoms with E-state index in [1.165, 1.54) is 31.4 Å². The second kappa shape index (κ2) is 10.6. The number of fused-ring (bicyclic) bond motifs is 1. The summed E-state index contributed by atoms with van der Waals surface area (Å²) >= 11 is 0. The molecule has 2 aliphatic heterocycles. The van der Waals surface area contributed by atoms with Crippen LogP contribution in [0.25, 0.3) is 11.1 Å². The van der Waals surface area contributed by atoms with Crippen LogP contribution < -0.4 is 10.2 Å². The van der Waals surface area contributed by atoms with Crippen molar-refractivity contribution in [1.29, 1.82) is 0 Å². The van der Waals surface area contributed by atoms with Crippen molar-refractivity contribution in [2.75, 3.05) is 29.9 Å². The Morgan fingerprint density at radius 3 is 2.27 bits per heavy atom. The molecule has 206 valence electrons. The fourth-order valence-electron chi connectivity index (χ4n) is 6.77. The van der Waals surface area contributed by atoms with Gasteiger partial charge in [0, 0.05) is 41.6 Å². The first-order chi connectivity index (χ1) is 20.1. The SMILES string of the molecule is O=C(Nc1ccc(C(=O)N2CCC3(CCN(C4CC4)C3)Cc3ccccc32)cc1)c1ccccc1-c1ccccc1. The fourth-order valence-corrected chi connectivity index (χ4v) is 6.77. The molecular formula is C36H35N3O2. The molecule has 1 atom stereocenters. The minimum atomic E-state index is -0.174. The minimum Gasteiger partial charge on any atom is -0.322 e. The summed E-state index contributed by atoms with van der Waals surface area (Å²) in [6, 6.07) is 34.1. The predicted molar refractivity (Wildman–Crippen MR) is 164 cm³/mol. The molecule has 3 aliphatic rings. The molecule has 1 aliphatic carbocycles. The maximum absolute atomic E-state index is 13.9. The first kappa shape index (κ1) is 25.7. The van der Waals surface area contributed by atoms with E-state index in [0.717, 1.165) is 48.8 Å². The first-order valence-corrected chi connectivity index (χ1v) is 14.8. The van der Waals surface area contributed by atoms with Gasteiger partial charge in [-0.1, -0.05) is 66.7 Å². The van der Waals surface area contributed by atoms with Gasteiger partial charge in [-0.05, 0) is 97.2 Å². The minimum absolute atomic E-state index is 0.0128. The summed E-state index contributed by atoms with van der Waals surface area (Å²) in [6.45, 7) is 3.06. The standard InChI is InChI=1S/C36H35N3O2/c40-34(32-12-6-5-11-31(32)26-8-2-1-3-9-26)37-29-16-14-27(15-17-29)35(41)39-23-21-36(20-22-38(25-36)30-18-19-30)24-28-10-4-7-13-33(28)39/h1-17,30H,18-25H2,(H,37,40). The Balaban J connectivity index is 1.08. The van der Waals surface area contributed by atoms with Crippen molar-refractivity contribution >= 4 is 23.2 Å². The molecule has 1 N–H and O–H groups in total. The molecule has 4 aromatic carbocycles. The number of amides is 2. The first-order valence-electron chi connectivity index (χ1n) is 14.8. The lowest BCUT2D eigenvalue weighted by Gasteiger charge is -2.28. The maximum Gasteiger partial charge on any atom is 0.258 e. The smallest absolute Gasteiger partial charge is 0.258 e. The highest BCUT2D eigenvalue weighted by molar-refractivity contribution is 6.09. The third-order valence-corrected chi connectivity index (χ3v) is 9.14. The molecule has 0 radical (unpaired) electrons. The zero-order chi connectivity index (χ0) is 27.8. The van der Waals surface area contributed by atoms with Crippen LogP contribution >= 0.6 is 0 Å². The average molecular weight is 542 g/mol. The van der Waals surface area contributed by atoms with E-state index < -0.39 is 0 Å². The molecule has 0 aromatic heterocycles. The van der Waals surface area contributed by atoms with Crippen molar-refractivity contribution in [3.63, 3.8) is 0 Å². The summed E-state index contributed by atoms with van der Waals surface area (Å²) in [4.78, 5) is 31.8. The number of hydrogen-bond donors (Lipinski definition) is 1. The largest absolute Gasteiger partial charge is 0.322 e. The summed E-state index contributed by atoms with van der Waals surface area (Å²) in [6.07, 6.45) is 5.94. The molecule has 5 nitrogen and oxygen atoms in total. The maximum atomic E-state index is 13.9. The molecule has 2 amide bonds. The van der Waals surface area contributed by atoms with Crippen LogP contribution in [0.3, 0.4) is 0 Å². The number of likely N-dealkylation sites (tertiary alicyclic amines) is 1. The van der Waals surface area contributed by atoms with Gasteiger partial charge in [0.1, 0.15) is 0 Å². The molecule has 1 unspecified atom stereocenters. The van der Waals surface area contributed by atoms with Crippen LogP contribution in [0.1, 0.15) is 52.0 Å². The van der Waals surface area contributed by atoms with Crippen LogP contribution in [0.4, 0.5) is 11.4 Å². The predicted octanol–water partition coefficient (Wildman–Crippen LogP) is 7.05. The monoisotopic (exact) mass is 541 g/mol. The summed E-state index contributed by atoms with van der Waals surface area (Å²) in [5.41, 5.74) is 6.35. The molecule has 5 heteroatoms. The second-order valence-corrected chi connectivity index (χ2v) is 11.9. The number of para-hydroxylation sites is 1. The van der Waals surface area contributed by atoms with Gasteiger partial charge in [-0.25, -0.2) is 0 Å². The van der Waals surface area contributed by atoms with E-state index in [0.29, 0.717) is 16.8 Å². The average Bonchev–Trinajstić information content (AvgIpc) is 3.81. The zero-order valence-electron chi connectivity index (χ0n) is 23.3. The molecule has 0 bridgehead atoms. The summed E-state index contributed by atoms with van der Waals surface area (Å²) in [7, 11) is 0. The Morgan fingerprint density at radius 2 is 1.46 bits per heavy atom. The normalized spacial score (nSPS) is 20.4. The van der Waals surface area contributed by atoms with E-state index in [-0.39, 0.29) is 17.2 Å². The van der Waals surface area contributed by atoms with Crippen LogP contribution in [-0.2, 0) is 6.42 Å². The van der Waals surface area contributed by atoms with Crippen molar-refractivity contribution in [2.24, 2.45) is 5.41 Å². The molecule has 1 saturated heterocycles. The van der Waals surface area contributed by atoms with Gasteiger partial charge in [-0.15, -0.1) is 0 Å². The van der Waals surface area contributed by atoms with Gasteiger partial charge >= 0.3 is 0 Å².